The predicted molar refractivity (Wildman–Crippen MR) is 70.4 cm³/mol. The van der Waals surface area contributed by atoms with E-state index in [1.165, 1.54) is 25.0 Å². The fraction of sp³-hybridized carbons (Fsp3) is 0.583. The van der Waals surface area contributed by atoms with Gasteiger partial charge >= 0.3 is 5.69 Å². The van der Waals surface area contributed by atoms with E-state index in [9.17, 15) is 10.1 Å². The Bertz CT molecular complexity index is 428. The van der Waals surface area contributed by atoms with Gasteiger partial charge in [-0.15, -0.1) is 0 Å². The summed E-state index contributed by atoms with van der Waals surface area (Å²) in [6.45, 7) is 0. The largest absolute Gasteiger partial charge is 0.384 e. The zero-order valence-electron chi connectivity index (χ0n) is 10.3. The minimum atomic E-state index is -0.425. The second-order valence-corrected chi connectivity index (χ2v) is 4.69. The van der Waals surface area contributed by atoms with Crippen molar-refractivity contribution in [2.24, 2.45) is 0 Å². The van der Waals surface area contributed by atoms with Gasteiger partial charge in [-0.1, -0.05) is 25.7 Å². The molecule has 0 unspecified atom stereocenters. The summed E-state index contributed by atoms with van der Waals surface area (Å²) in [5, 5.41) is 14.1. The Morgan fingerprint density at radius 2 is 1.94 bits per heavy atom. The Labute approximate surface area is 106 Å². The van der Waals surface area contributed by atoms with Gasteiger partial charge < -0.3 is 11.1 Å². The van der Waals surface area contributed by atoms with E-state index in [4.69, 9.17) is 5.73 Å². The van der Waals surface area contributed by atoms with Crippen molar-refractivity contribution in [3.05, 3.63) is 22.2 Å². The van der Waals surface area contributed by atoms with Gasteiger partial charge in [0, 0.05) is 12.1 Å². The lowest BCUT2D eigenvalue weighted by Crippen LogP contribution is -2.20. The van der Waals surface area contributed by atoms with Crippen molar-refractivity contribution in [1.29, 1.82) is 0 Å². The van der Waals surface area contributed by atoms with Crippen LogP contribution in [0.1, 0.15) is 38.5 Å². The van der Waals surface area contributed by atoms with Crippen LogP contribution in [0.25, 0.3) is 0 Å². The topological polar surface area (TPSA) is 94.1 Å². The van der Waals surface area contributed by atoms with Crippen LogP contribution in [0, 0.1) is 10.1 Å². The zero-order valence-corrected chi connectivity index (χ0v) is 10.3. The van der Waals surface area contributed by atoms with E-state index in [1.54, 1.807) is 0 Å². The summed E-state index contributed by atoms with van der Waals surface area (Å²) in [5.41, 5.74) is 5.58. The standard InChI is InChI=1S/C12H18N4O2/c13-11-8-7-10(16(17)18)12(15-11)14-9-5-3-1-2-4-6-9/h7-9H,1-6H2,(H3,13,14,15). The van der Waals surface area contributed by atoms with E-state index < -0.39 is 4.92 Å². The van der Waals surface area contributed by atoms with Crippen LogP contribution in [0.3, 0.4) is 0 Å². The van der Waals surface area contributed by atoms with E-state index in [2.05, 4.69) is 10.3 Å². The summed E-state index contributed by atoms with van der Waals surface area (Å²) in [7, 11) is 0. The highest BCUT2D eigenvalue weighted by Gasteiger charge is 2.19. The molecule has 0 aliphatic heterocycles. The van der Waals surface area contributed by atoms with Crippen LogP contribution in [0.4, 0.5) is 17.3 Å². The third kappa shape index (κ3) is 3.09. The lowest BCUT2D eigenvalue weighted by atomic mass is 10.1. The molecule has 6 heteroatoms. The Morgan fingerprint density at radius 3 is 2.56 bits per heavy atom. The first-order chi connectivity index (χ1) is 8.66. The van der Waals surface area contributed by atoms with Gasteiger partial charge in [-0.3, -0.25) is 10.1 Å². The van der Waals surface area contributed by atoms with Gasteiger partial charge in [-0.05, 0) is 18.9 Å². The summed E-state index contributed by atoms with van der Waals surface area (Å²) >= 11 is 0. The lowest BCUT2D eigenvalue weighted by Gasteiger charge is -2.16. The van der Waals surface area contributed by atoms with Crippen LogP contribution in [-0.2, 0) is 0 Å². The predicted octanol–water partition coefficient (Wildman–Crippen LogP) is 2.71. The number of pyridine rings is 1. The fourth-order valence-electron chi connectivity index (χ4n) is 2.34. The number of nitrogen functional groups attached to an aromatic ring is 1. The number of nitrogens with one attached hydrogen (secondary N) is 1. The van der Waals surface area contributed by atoms with E-state index >= 15 is 0 Å². The molecule has 0 atom stereocenters. The Balaban J connectivity index is 2.15. The number of aromatic nitrogens is 1. The molecule has 1 saturated carbocycles. The molecule has 0 saturated heterocycles. The zero-order chi connectivity index (χ0) is 13.0. The van der Waals surface area contributed by atoms with E-state index in [0.717, 1.165) is 25.7 Å². The first kappa shape index (κ1) is 12.6. The maximum atomic E-state index is 10.9. The summed E-state index contributed by atoms with van der Waals surface area (Å²) < 4.78 is 0. The SMILES string of the molecule is Nc1ccc([N+](=O)[O-])c(NC2CCCCCC2)n1. The van der Waals surface area contributed by atoms with Crippen molar-refractivity contribution in [2.45, 2.75) is 44.6 Å². The fourth-order valence-corrected chi connectivity index (χ4v) is 2.34. The second-order valence-electron chi connectivity index (χ2n) is 4.69. The van der Waals surface area contributed by atoms with Gasteiger partial charge in [0.15, 0.2) is 0 Å². The van der Waals surface area contributed by atoms with E-state index in [-0.39, 0.29) is 11.7 Å². The second kappa shape index (κ2) is 5.66. The molecule has 1 aromatic heterocycles. The molecule has 18 heavy (non-hydrogen) atoms. The van der Waals surface area contributed by atoms with Crippen LogP contribution < -0.4 is 11.1 Å². The maximum absolute atomic E-state index is 10.9. The van der Waals surface area contributed by atoms with Gasteiger partial charge in [0.05, 0.1) is 4.92 Å². The smallest absolute Gasteiger partial charge is 0.311 e. The quantitative estimate of drug-likeness (QED) is 0.488. The molecule has 2 rings (SSSR count). The van der Waals surface area contributed by atoms with E-state index in [0.29, 0.717) is 11.6 Å². The maximum Gasteiger partial charge on any atom is 0.311 e. The summed E-state index contributed by atoms with van der Waals surface area (Å²) in [5.74, 6) is 0.601. The molecule has 0 aromatic carbocycles. The van der Waals surface area contributed by atoms with Gasteiger partial charge in [0.2, 0.25) is 5.82 Å². The summed E-state index contributed by atoms with van der Waals surface area (Å²) in [6, 6.07) is 3.12. The molecule has 3 N–H and O–H groups in total. The van der Waals surface area contributed by atoms with Crippen molar-refractivity contribution in [2.75, 3.05) is 11.1 Å². The van der Waals surface area contributed by atoms with Gasteiger partial charge in [0.25, 0.3) is 0 Å². The van der Waals surface area contributed by atoms with Crippen molar-refractivity contribution < 1.29 is 4.92 Å². The first-order valence-electron chi connectivity index (χ1n) is 6.34. The van der Waals surface area contributed by atoms with Crippen LogP contribution in [0.2, 0.25) is 0 Å². The molecular weight excluding hydrogens is 232 g/mol. The molecule has 0 spiro atoms. The highest BCUT2D eigenvalue weighted by atomic mass is 16.6. The number of rotatable bonds is 3. The highest BCUT2D eigenvalue weighted by Crippen LogP contribution is 2.27. The highest BCUT2D eigenvalue weighted by molar-refractivity contribution is 5.59. The first-order valence-corrected chi connectivity index (χ1v) is 6.34. The number of hydrogen-bond acceptors (Lipinski definition) is 5. The van der Waals surface area contributed by atoms with E-state index in [1.807, 2.05) is 0 Å². The molecule has 6 nitrogen and oxygen atoms in total. The molecule has 1 heterocycles. The number of nitro groups is 1. The Hall–Kier alpha value is -1.85. The van der Waals surface area contributed by atoms with Crippen LogP contribution in [0.5, 0.6) is 0 Å². The minimum Gasteiger partial charge on any atom is -0.384 e. The van der Waals surface area contributed by atoms with Gasteiger partial charge in [-0.2, -0.15) is 0 Å². The molecule has 0 radical (unpaired) electrons. The van der Waals surface area contributed by atoms with Crippen LogP contribution in [-0.4, -0.2) is 15.9 Å². The number of nitrogens with zero attached hydrogens (tertiary/aromatic N) is 2. The summed E-state index contributed by atoms with van der Waals surface area (Å²) in [4.78, 5) is 14.5. The molecule has 1 aromatic rings. The third-order valence-electron chi connectivity index (χ3n) is 3.29. The minimum absolute atomic E-state index is 0.00607. The van der Waals surface area contributed by atoms with Crippen LogP contribution in [0.15, 0.2) is 12.1 Å². The Kier molecular flexibility index (Phi) is 3.96. The van der Waals surface area contributed by atoms with Crippen molar-refractivity contribution in [1.82, 2.24) is 4.98 Å². The average Bonchev–Trinajstić information content (AvgIpc) is 2.57. The van der Waals surface area contributed by atoms with Crippen LogP contribution >= 0.6 is 0 Å². The molecular formula is C12H18N4O2. The average molecular weight is 250 g/mol. The van der Waals surface area contributed by atoms with Gasteiger partial charge in [-0.25, -0.2) is 4.98 Å². The molecule has 0 bridgehead atoms. The number of nitrogens with two attached hydrogens (primary N) is 1. The van der Waals surface area contributed by atoms with Gasteiger partial charge in [0.1, 0.15) is 5.82 Å². The normalized spacial score (nSPS) is 17.1. The molecule has 1 fully saturated rings. The summed E-state index contributed by atoms with van der Waals surface area (Å²) in [6.07, 6.45) is 6.87. The molecule has 98 valence electrons. The molecule has 0 amide bonds. The monoisotopic (exact) mass is 250 g/mol. The van der Waals surface area contributed by atoms with Crippen molar-refractivity contribution in [3.63, 3.8) is 0 Å². The third-order valence-corrected chi connectivity index (χ3v) is 3.29. The number of anilines is 2. The van der Waals surface area contributed by atoms with Crippen molar-refractivity contribution in [3.8, 4) is 0 Å². The van der Waals surface area contributed by atoms with Crippen molar-refractivity contribution >= 4 is 17.3 Å². The molecule has 1 aliphatic rings. The number of hydrogen-bond donors (Lipinski definition) is 2. The molecule has 1 aliphatic carbocycles. The lowest BCUT2D eigenvalue weighted by molar-refractivity contribution is -0.384. The Morgan fingerprint density at radius 1 is 1.28 bits per heavy atom.